The van der Waals surface area contributed by atoms with Crippen LogP contribution in [0.25, 0.3) is 11.0 Å². The van der Waals surface area contributed by atoms with Gasteiger partial charge in [-0.15, -0.1) is 0 Å². The minimum absolute atomic E-state index is 0.00525. The molecule has 0 N–H and O–H groups in total. The standard InChI is InChI=1S/C24H21FN2O4/c25-20-7-1-2-8-21(20)27(10-4-9-26)23(28)15-31-24(29)13-18-14-30-22-12-17-6-3-5-16(17)11-19(18)22/h1-2,7-8,11-12,14H,3-6,10,13,15H2. The molecule has 1 aliphatic rings. The van der Waals surface area contributed by atoms with E-state index in [1.165, 1.54) is 29.3 Å². The number of halogens is 1. The van der Waals surface area contributed by atoms with Gasteiger partial charge in [0, 0.05) is 17.5 Å². The van der Waals surface area contributed by atoms with Crippen LogP contribution in [-0.4, -0.2) is 25.0 Å². The molecule has 3 aromatic rings. The van der Waals surface area contributed by atoms with Crippen molar-refractivity contribution in [2.75, 3.05) is 18.1 Å². The first-order chi connectivity index (χ1) is 15.1. The second-order valence-electron chi connectivity index (χ2n) is 7.47. The fourth-order valence-electron chi connectivity index (χ4n) is 3.92. The lowest BCUT2D eigenvalue weighted by atomic mass is 10.0. The first kappa shape index (κ1) is 20.6. The van der Waals surface area contributed by atoms with E-state index in [0.717, 1.165) is 35.1 Å². The van der Waals surface area contributed by atoms with E-state index in [9.17, 15) is 14.0 Å². The van der Waals surface area contributed by atoms with Gasteiger partial charge in [0.15, 0.2) is 6.61 Å². The Labute approximate surface area is 178 Å². The molecule has 1 heterocycles. The molecule has 4 rings (SSSR count). The van der Waals surface area contributed by atoms with Crippen molar-refractivity contribution in [1.82, 2.24) is 0 Å². The first-order valence-electron chi connectivity index (χ1n) is 10.2. The fourth-order valence-corrected chi connectivity index (χ4v) is 3.92. The molecule has 0 fully saturated rings. The summed E-state index contributed by atoms with van der Waals surface area (Å²) in [4.78, 5) is 26.1. The highest BCUT2D eigenvalue weighted by atomic mass is 19.1. The SMILES string of the molecule is N#CCCN(C(=O)COC(=O)Cc1coc2cc3c(cc12)CCC3)c1ccccc1F. The summed E-state index contributed by atoms with van der Waals surface area (Å²) in [6.45, 7) is -0.533. The van der Waals surface area contributed by atoms with Gasteiger partial charge in [0.2, 0.25) is 0 Å². The van der Waals surface area contributed by atoms with Crippen molar-refractivity contribution < 1.29 is 23.1 Å². The number of hydrogen-bond acceptors (Lipinski definition) is 5. The maximum atomic E-state index is 14.1. The van der Waals surface area contributed by atoms with Crippen LogP contribution in [0.1, 0.15) is 29.5 Å². The van der Waals surface area contributed by atoms with E-state index in [1.54, 1.807) is 12.3 Å². The Kier molecular flexibility index (Phi) is 5.99. The minimum atomic E-state index is -0.594. The Balaban J connectivity index is 1.42. The van der Waals surface area contributed by atoms with E-state index in [4.69, 9.17) is 14.4 Å². The quantitative estimate of drug-likeness (QED) is 0.538. The molecule has 0 saturated heterocycles. The highest BCUT2D eigenvalue weighted by molar-refractivity contribution is 5.95. The lowest BCUT2D eigenvalue weighted by Crippen LogP contribution is -2.36. The van der Waals surface area contributed by atoms with E-state index in [1.807, 2.05) is 12.1 Å². The number of nitrogens with zero attached hydrogens (tertiary/aromatic N) is 2. The third-order valence-corrected chi connectivity index (χ3v) is 5.45. The molecule has 2 aromatic carbocycles. The number of furan rings is 1. The lowest BCUT2D eigenvalue weighted by molar-refractivity contribution is -0.147. The molecule has 7 heteroatoms. The summed E-state index contributed by atoms with van der Waals surface area (Å²) in [5.74, 6) is -1.76. The van der Waals surface area contributed by atoms with Gasteiger partial charge in [0.25, 0.3) is 5.91 Å². The number of ether oxygens (including phenoxy) is 1. The molecule has 1 aromatic heterocycles. The van der Waals surface area contributed by atoms with Gasteiger partial charge < -0.3 is 14.1 Å². The molecular formula is C24H21FN2O4. The predicted molar refractivity (Wildman–Crippen MR) is 112 cm³/mol. The van der Waals surface area contributed by atoms with Crippen molar-refractivity contribution in [3.05, 3.63) is 65.2 Å². The average Bonchev–Trinajstić information content (AvgIpc) is 3.38. The Morgan fingerprint density at radius 1 is 1.19 bits per heavy atom. The molecule has 0 bridgehead atoms. The zero-order valence-corrected chi connectivity index (χ0v) is 16.9. The van der Waals surface area contributed by atoms with E-state index < -0.39 is 24.3 Å². The molecule has 0 aliphatic heterocycles. The van der Waals surface area contributed by atoms with Crippen LogP contribution in [0.4, 0.5) is 10.1 Å². The zero-order valence-electron chi connectivity index (χ0n) is 16.9. The van der Waals surface area contributed by atoms with Crippen molar-refractivity contribution in [3.63, 3.8) is 0 Å². The minimum Gasteiger partial charge on any atom is -0.464 e. The van der Waals surface area contributed by atoms with Crippen LogP contribution in [0, 0.1) is 17.1 Å². The van der Waals surface area contributed by atoms with Crippen LogP contribution < -0.4 is 4.90 Å². The number of hydrogen-bond donors (Lipinski definition) is 0. The Morgan fingerprint density at radius 3 is 2.74 bits per heavy atom. The number of carbonyl (C=O) groups excluding carboxylic acids is 2. The normalized spacial score (nSPS) is 12.4. The molecule has 0 saturated carbocycles. The summed E-state index contributed by atoms with van der Waals surface area (Å²) in [5.41, 5.74) is 4.05. The predicted octanol–water partition coefficient (Wildman–Crippen LogP) is 4.09. The molecule has 1 amide bonds. The Bertz CT molecular complexity index is 1180. The fraction of sp³-hybridized carbons (Fsp3) is 0.292. The van der Waals surface area contributed by atoms with E-state index in [0.29, 0.717) is 5.56 Å². The zero-order chi connectivity index (χ0) is 21.8. The molecule has 1 aliphatic carbocycles. The van der Waals surface area contributed by atoms with Gasteiger partial charge in [-0.3, -0.25) is 9.59 Å². The van der Waals surface area contributed by atoms with Gasteiger partial charge in [-0.1, -0.05) is 12.1 Å². The molecule has 0 radical (unpaired) electrons. The van der Waals surface area contributed by atoms with Gasteiger partial charge in [0.1, 0.15) is 11.4 Å². The third kappa shape index (κ3) is 4.43. The number of amides is 1. The highest BCUT2D eigenvalue weighted by Gasteiger charge is 2.21. The number of esters is 1. The molecular weight excluding hydrogens is 399 g/mol. The van der Waals surface area contributed by atoms with Crippen molar-refractivity contribution in [2.24, 2.45) is 0 Å². The van der Waals surface area contributed by atoms with E-state index in [2.05, 4.69) is 6.07 Å². The van der Waals surface area contributed by atoms with Gasteiger partial charge in [-0.05, 0) is 54.7 Å². The maximum absolute atomic E-state index is 14.1. The van der Waals surface area contributed by atoms with Crippen LogP contribution in [0.2, 0.25) is 0 Å². The number of fused-ring (bicyclic) bond motifs is 2. The second kappa shape index (κ2) is 9.00. The summed E-state index contributed by atoms with van der Waals surface area (Å²) in [6.07, 6.45) is 4.71. The van der Waals surface area contributed by atoms with Crippen LogP contribution in [0.15, 0.2) is 47.1 Å². The number of anilines is 1. The summed E-state index contributed by atoms with van der Waals surface area (Å²) in [7, 11) is 0. The third-order valence-electron chi connectivity index (χ3n) is 5.45. The van der Waals surface area contributed by atoms with Gasteiger partial charge in [-0.25, -0.2) is 4.39 Å². The number of aryl methyl sites for hydroxylation is 2. The van der Waals surface area contributed by atoms with E-state index in [-0.39, 0.29) is 25.1 Å². The molecule has 6 nitrogen and oxygen atoms in total. The molecule has 0 spiro atoms. The number of rotatable bonds is 7. The summed E-state index contributed by atoms with van der Waals surface area (Å²) in [5, 5.41) is 9.72. The number of nitriles is 1. The monoisotopic (exact) mass is 420 g/mol. The van der Waals surface area contributed by atoms with Crippen molar-refractivity contribution in [1.29, 1.82) is 5.26 Å². The second-order valence-corrected chi connectivity index (χ2v) is 7.47. The van der Waals surface area contributed by atoms with Crippen LogP contribution in [0.3, 0.4) is 0 Å². The summed E-state index contributed by atoms with van der Waals surface area (Å²) < 4.78 is 24.9. The number of carbonyl (C=O) groups is 2. The maximum Gasteiger partial charge on any atom is 0.310 e. The molecule has 158 valence electrons. The van der Waals surface area contributed by atoms with Crippen molar-refractivity contribution in [3.8, 4) is 6.07 Å². The highest BCUT2D eigenvalue weighted by Crippen LogP contribution is 2.30. The van der Waals surface area contributed by atoms with Crippen LogP contribution in [0.5, 0.6) is 0 Å². The molecule has 31 heavy (non-hydrogen) atoms. The van der Waals surface area contributed by atoms with Crippen LogP contribution >= 0.6 is 0 Å². The summed E-state index contributed by atoms with van der Waals surface area (Å²) in [6, 6.07) is 11.8. The first-order valence-corrected chi connectivity index (χ1v) is 10.2. The smallest absolute Gasteiger partial charge is 0.310 e. The van der Waals surface area contributed by atoms with Crippen molar-refractivity contribution >= 4 is 28.5 Å². The van der Waals surface area contributed by atoms with Crippen molar-refractivity contribution in [2.45, 2.75) is 32.1 Å². The molecule has 0 unspecified atom stereocenters. The summed E-state index contributed by atoms with van der Waals surface area (Å²) >= 11 is 0. The number of para-hydroxylation sites is 1. The number of benzene rings is 2. The Hall–Kier alpha value is -3.66. The topological polar surface area (TPSA) is 83.5 Å². The Morgan fingerprint density at radius 2 is 1.97 bits per heavy atom. The largest absolute Gasteiger partial charge is 0.464 e. The van der Waals surface area contributed by atoms with Gasteiger partial charge in [0.05, 0.1) is 30.9 Å². The van der Waals surface area contributed by atoms with Gasteiger partial charge >= 0.3 is 5.97 Å². The average molecular weight is 420 g/mol. The van der Waals surface area contributed by atoms with Crippen LogP contribution in [-0.2, 0) is 33.6 Å². The van der Waals surface area contributed by atoms with Gasteiger partial charge in [-0.2, -0.15) is 5.26 Å². The van der Waals surface area contributed by atoms with E-state index >= 15 is 0 Å². The lowest BCUT2D eigenvalue weighted by Gasteiger charge is -2.22. The molecule has 0 atom stereocenters.